The number of halogens is 4. The molecule has 1 aromatic rings. The predicted molar refractivity (Wildman–Crippen MR) is 66.1 cm³/mol. The van der Waals surface area contributed by atoms with E-state index >= 15 is 0 Å². The third-order valence-electron chi connectivity index (χ3n) is 2.61. The van der Waals surface area contributed by atoms with Crippen LogP contribution in [0.4, 0.5) is 23.2 Å². The summed E-state index contributed by atoms with van der Waals surface area (Å²) in [5, 5.41) is 10.7. The summed E-state index contributed by atoms with van der Waals surface area (Å²) in [6, 6.07) is 2.11. The molecule has 0 aliphatic rings. The second kappa shape index (κ2) is 6.55. The Balaban J connectivity index is 2.75. The number of carboxylic acids is 1. The maximum Gasteiger partial charge on any atom is 0.419 e. The van der Waals surface area contributed by atoms with Gasteiger partial charge in [0.2, 0.25) is 5.91 Å². The van der Waals surface area contributed by atoms with E-state index in [0.717, 1.165) is 6.07 Å². The molecule has 2 N–H and O–H groups in total. The first-order valence-electron chi connectivity index (χ1n) is 5.98. The van der Waals surface area contributed by atoms with Gasteiger partial charge >= 0.3 is 12.1 Å². The molecule has 1 atom stereocenters. The third kappa shape index (κ3) is 5.41. The van der Waals surface area contributed by atoms with Gasteiger partial charge in [-0.05, 0) is 24.1 Å². The van der Waals surface area contributed by atoms with Crippen LogP contribution in [-0.2, 0) is 15.8 Å². The van der Waals surface area contributed by atoms with Crippen molar-refractivity contribution in [3.8, 4) is 0 Å². The molecular formula is C13H13F4NO3. The minimum absolute atomic E-state index is 0.162. The first kappa shape index (κ1) is 16.9. The summed E-state index contributed by atoms with van der Waals surface area (Å²) in [5.41, 5.74) is -1.67. The molecule has 0 aromatic heterocycles. The number of nitrogens with one attached hydrogen (secondary N) is 1. The van der Waals surface area contributed by atoms with Gasteiger partial charge in [-0.2, -0.15) is 13.2 Å². The number of hydrogen-bond acceptors (Lipinski definition) is 2. The lowest BCUT2D eigenvalue weighted by Gasteiger charge is -2.12. The third-order valence-corrected chi connectivity index (χ3v) is 2.61. The summed E-state index contributed by atoms with van der Waals surface area (Å²) in [6.45, 7) is 1.53. The fraction of sp³-hybridized carbons (Fsp3) is 0.385. The van der Waals surface area contributed by atoms with Gasteiger partial charge in [0.05, 0.1) is 5.56 Å². The normalized spacial score (nSPS) is 12.8. The van der Waals surface area contributed by atoms with Crippen molar-refractivity contribution < 1.29 is 32.3 Å². The van der Waals surface area contributed by atoms with Crippen LogP contribution in [0.3, 0.4) is 0 Å². The molecule has 0 heterocycles. The van der Waals surface area contributed by atoms with Crippen LogP contribution in [0, 0.1) is 11.7 Å². The van der Waals surface area contributed by atoms with Crippen molar-refractivity contribution in [3.05, 3.63) is 29.6 Å². The molecule has 0 saturated heterocycles. The highest BCUT2D eigenvalue weighted by atomic mass is 19.4. The summed E-state index contributed by atoms with van der Waals surface area (Å²) >= 11 is 0. The van der Waals surface area contributed by atoms with Gasteiger partial charge in [0.25, 0.3) is 0 Å². The van der Waals surface area contributed by atoms with Crippen LogP contribution >= 0.6 is 0 Å². The standard InChI is InChI=1S/C13H13F4NO3/c1-7(5-12(20)21)4-11(19)18-8-2-3-10(14)9(6-8)13(15,16)17/h2-3,6-7H,4-5H2,1H3,(H,18,19)(H,20,21). The van der Waals surface area contributed by atoms with Crippen molar-refractivity contribution in [2.24, 2.45) is 5.92 Å². The van der Waals surface area contributed by atoms with Gasteiger partial charge in [-0.1, -0.05) is 6.92 Å². The molecule has 21 heavy (non-hydrogen) atoms. The van der Waals surface area contributed by atoms with Crippen molar-refractivity contribution in [2.75, 3.05) is 5.32 Å². The highest BCUT2D eigenvalue weighted by Gasteiger charge is 2.34. The molecule has 0 fully saturated rings. The second-order valence-electron chi connectivity index (χ2n) is 4.65. The molecule has 0 bridgehead atoms. The van der Waals surface area contributed by atoms with Gasteiger partial charge in [-0.3, -0.25) is 9.59 Å². The van der Waals surface area contributed by atoms with Crippen molar-refractivity contribution in [1.29, 1.82) is 0 Å². The fourth-order valence-electron chi connectivity index (χ4n) is 1.72. The monoisotopic (exact) mass is 307 g/mol. The molecule has 0 radical (unpaired) electrons. The maximum atomic E-state index is 13.1. The number of rotatable bonds is 5. The van der Waals surface area contributed by atoms with E-state index in [-0.39, 0.29) is 18.5 Å². The molecule has 0 aliphatic heterocycles. The minimum Gasteiger partial charge on any atom is -0.481 e. The molecule has 116 valence electrons. The van der Waals surface area contributed by atoms with Crippen molar-refractivity contribution >= 4 is 17.6 Å². The molecule has 4 nitrogen and oxygen atoms in total. The van der Waals surface area contributed by atoms with Gasteiger partial charge in [0.15, 0.2) is 0 Å². The Kier molecular flexibility index (Phi) is 5.28. The Morgan fingerprint density at radius 3 is 2.43 bits per heavy atom. The number of alkyl halides is 3. The first-order chi connectivity index (χ1) is 9.59. The number of benzene rings is 1. The maximum absolute atomic E-state index is 13.1. The predicted octanol–water partition coefficient (Wildman–Crippen LogP) is 3.28. The van der Waals surface area contributed by atoms with E-state index < -0.39 is 35.4 Å². The van der Waals surface area contributed by atoms with Gasteiger partial charge < -0.3 is 10.4 Å². The molecule has 1 amide bonds. The Bertz CT molecular complexity index is 543. The summed E-state index contributed by atoms with van der Waals surface area (Å²) in [5.74, 6) is -3.61. The van der Waals surface area contributed by atoms with E-state index in [9.17, 15) is 27.2 Å². The summed E-state index contributed by atoms with van der Waals surface area (Å²) in [6.07, 6.45) is -5.25. The number of anilines is 1. The average Bonchev–Trinajstić information content (AvgIpc) is 2.28. The van der Waals surface area contributed by atoms with Crippen LogP contribution in [0.25, 0.3) is 0 Å². The van der Waals surface area contributed by atoms with E-state index in [4.69, 9.17) is 5.11 Å². The quantitative estimate of drug-likeness (QED) is 0.820. The zero-order valence-electron chi connectivity index (χ0n) is 11.0. The lowest BCUT2D eigenvalue weighted by molar-refractivity contribution is -0.140. The van der Waals surface area contributed by atoms with Gasteiger partial charge in [-0.15, -0.1) is 0 Å². The number of aliphatic carboxylic acids is 1. The minimum atomic E-state index is -4.86. The number of carbonyl (C=O) groups is 2. The summed E-state index contributed by atoms with van der Waals surface area (Å²) in [4.78, 5) is 22.0. The highest BCUT2D eigenvalue weighted by Crippen LogP contribution is 2.33. The zero-order chi connectivity index (χ0) is 16.2. The van der Waals surface area contributed by atoms with E-state index in [1.807, 2.05) is 0 Å². The van der Waals surface area contributed by atoms with Crippen LogP contribution in [-0.4, -0.2) is 17.0 Å². The van der Waals surface area contributed by atoms with Crippen LogP contribution < -0.4 is 5.32 Å². The van der Waals surface area contributed by atoms with E-state index in [2.05, 4.69) is 5.32 Å². The van der Waals surface area contributed by atoms with Gasteiger partial charge in [-0.25, -0.2) is 4.39 Å². The van der Waals surface area contributed by atoms with Crippen LogP contribution in [0.5, 0.6) is 0 Å². The number of amides is 1. The van der Waals surface area contributed by atoms with Crippen molar-refractivity contribution in [2.45, 2.75) is 25.9 Å². The van der Waals surface area contributed by atoms with E-state index in [1.54, 1.807) is 0 Å². The van der Waals surface area contributed by atoms with Crippen molar-refractivity contribution in [3.63, 3.8) is 0 Å². The zero-order valence-corrected chi connectivity index (χ0v) is 11.0. The van der Waals surface area contributed by atoms with Gasteiger partial charge in [0, 0.05) is 18.5 Å². The lowest BCUT2D eigenvalue weighted by atomic mass is 10.0. The van der Waals surface area contributed by atoms with Crippen molar-refractivity contribution in [1.82, 2.24) is 0 Å². The van der Waals surface area contributed by atoms with Crippen LogP contribution in [0.15, 0.2) is 18.2 Å². The number of hydrogen-bond donors (Lipinski definition) is 2. The molecule has 0 spiro atoms. The molecule has 0 aliphatic carbocycles. The second-order valence-corrected chi connectivity index (χ2v) is 4.65. The molecular weight excluding hydrogens is 294 g/mol. The average molecular weight is 307 g/mol. The Morgan fingerprint density at radius 1 is 1.29 bits per heavy atom. The Morgan fingerprint density at radius 2 is 1.90 bits per heavy atom. The topological polar surface area (TPSA) is 66.4 Å². The SMILES string of the molecule is CC(CC(=O)O)CC(=O)Nc1ccc(F)c(C(F)(F)F)c1. The number of carbonyl (C=O) groups excluding carboxylic acids is 1. The summed E-state index contributed by atoms with van der Waals surface area (Å²) < 4.78 is 50.6. The first-order valence-corrected chi connectivity index (χ1v) is 5.98. The Labute approximate surface area is 117 Å². The lowest BCUT2D eigenvalue weighted by Crippen LogP contribution is -2.17. The Hall–Kier alpha value is -2.12. The smallest absolute Gasteiger partial charge is 0.419 e. The van der Waals surface area contributed by atoms with E-state index in [1.165, 1.54) is 6.92 Å². The van der Waals surface area contributed by atoms with Crippen LogP contribution in [0.2, 0.25) is 0 Å². The largest absolute Gasteiger partial charge is 0.481 e. The van der Waals surface area contributed by atoms with Crippen LogP contribution in [0.1, 0.15) is 25.3 Å². The molecule has 1 unspecified atom stereocenters. The fourth-order valence-corrected chi connectivity index (χ4v) is 1.72. The molecule has 1 aromatic carbocycles. The molecule has 8 heteroatoms. The van der Waals surface area contributed by atoms with E-state index in [0.29, 0.717) is 12.1 Å². The number of carboxylic acid groups (broad SMARTS) is 1. The molecule has 0 saturated carbocycles. The summed E-state index contributed by atoms with van der Waals surface area (Å²) in [7, 11) is 0. The van der Waals surface area contributed by atoms with Gasteiger partial charge in [0.1, 0.15) is 5.82 Å². The molecule has 1 rings (SSSR count). The highest BCUT2D eigenvalue weighted by molar-refractivity contribution is 5.91.